The third-order valence-electron chi connectivity index (χ3n) is 2.52. The van der Waals surface area contributed by atoms with Crippen LogP contribution in [0, 0.1) is 6.92 Å². The van der Waals surface area contributed by atoms with Crippen LogP contribution >= 0.6 is 0 Å². The molecule has 0 bridgehead atoms. The van der Waals surface area contributed by atoms with E-state index in [1.54, 1.807) is 6.92 Å². The Kier molecular flexibility index (Phi) is 4.65. The van der Waals surface area contributed by atoms with Gasteiger partial charge in [0.15, 0.2) is 0 Å². The summed E-state index contributed by atoms with van der Waals surface area (Å²) in [6.45, 7) is 6.16. The zero-order valence-corrected chi connectivity index (χ0v) is 10.9. The minimum Gasteiger partial charge on any atom is -0.392 e. The fraction of sp³-hybridized carbons (Fsp3) is 0.636. The molecule has 0 amide bonds. The van der Waals surface area contributed by atoms with E-state index in [1.165, 1.54) is 0 Å². The number of hydrazine groups is 1. The molecule has 0 aliphatic carbocycles. The number of nitrogens with zero attached hydrogens (tertiary/aromatic N) is 3. The van der Waals surface area contributed by atoms with Crippen LogP contribution in [0.5, 0.6) is 0 Å². The van der Waals surface area contributed by atoms with Gasteiger partial charge in [-0.15, -0.1) is 0 Å². The number of likely N-dealkylation sites (N-methyl/N-ethyl adjacent to an activating group) is 1. The number of nitrogens with two attached hydrogens (primary N) is 1. The zero-order chi connectivity index (χ0) is 13.0. The Morgan fingerprint density at radius 2 is 2.12 bits per heavy atom. The molecular formula is C11H21N5O. The van der Waals surface area contributed by atoms with E-state index in [1.807, 2.05) is 25.8 Å². The molecule has 0 saturated carbocycles. The lowest BCUT2D eigenvalue weighted by Gasteiger charge is -2.23. The Bertz CT molecular complexity index is 380. The van der Waals surface area contributed by atoms with Crippen LogP contribution in [0.1, 0.15) is 25.2 Å². The van der Waals surface area contributed by atoms with Crippen LogP contribution in [-0.2, 0) is 6.42 Å². The number of aromatic nitrogens is 2. The van der Waals surface area contributed by atoms with Gasteiger partial charge in [-0.05, 0) is 13.8 Å². The highest BCUT2D eigenvalue weighted by Crippen LogP contribution is 2.22. The largest absolute Gasteiger partial charge is 0.392 e. The van der Waals surface area contributed by atoms with Gasteiger partial charge >= 0.3 is 0 Å². The third-order valence-corrected chi connectivity index (χ3v) is 2.52. The molecular weight excluding hydrogens is 218 g/mol. The van der Waals surface area contributed by atoms with Gasteiger partial charge in [0.1, 0.15) is 17.5 Å². The van der Waals surface area contributed by atoms with Crippen LogP contribution in [0.3, 0.4) is 0 Å². The number of aliphatic hydroxyl groups excluding tert-OH is 1. The molecule has 0 spiro atoms. The smallest absolute Gasteiger partial charge is 0.148 e. The topological polar surface area (TPSA) is 87.3 Å². The van der Waals surface area contributed by atoms with Crippen LogP contribution in [0.15, 0.2) is 0 Å². The van der Waals surface area contributed by atoms with Crippen molar-refractivity contribution in [3.05, 3.63) is 11.4 Å². The van der Waals surface area contributed by atoms with Crippen LogP contribution < -0.4 is 16.2 Å². The number of aryl methyl sites for hydroxylation is 1. The van der Waals surface area contributed by atoms with Crippen molar-refractivity contribution in [2.45, 2.75) is 33.3 Å². The van der Waals surface area contributed by atoms with E-state index in [9.17, 15) is 5.11 Å². The van der Waals surface area contributed by atoms with Gasteiger partial charge in [-0.2, -0.15) is 0 Å². The van der Waals surface area contributed by atoms with Crippen molar-refractivity contribution < 1.29 is 5.11 Å². The van der Waals surface area contributed by atoms with Gasteiger partial charge in [-0.1, -0.05) is 6.92 Å². The lowest BCUT2D eigenvalue weighted by Crippen LogP contribution is -2.29. The number of nitrogens with one attached hydrogen (secondary N) is 1. The van der Waals surface area contributed by atoms with E-state index in [-0.39, 0.29) is 0 Å². The molecule has 0 aromatic carbocycles. The Hall–Kier alpha value is -1.40. The minimum absolute atomic E-state index is 0.409. The summed E-state index contributed by atoms with van der Waals surface area (Å²) in [6.07, 6.45) is 0.332. The van der Waals surface area contributed by atoms with E-state index in [2.05, 4.69) is 15.4 Å². The molecule has 1 aromatic heterocycles. The first-order valence-electron chi connectivity index (χ1n) is 5.72. The molecule has 17 heavy (non-hydrogen) atoms. The zero-order valence-electron chi connectivity index (χ0n) is 10.9. The van der Waals surface area contributed by atoms with Gasteiger partial charge in [0.05, 0.1) is 6.10 Å². The predicted molar refractivity (Wildman–Crippen MR) is 68.9 cm³/mol. The van der Waals surface area contributed by atoms with Crippen molar-refractivity contribution in [1.82, 2.24) is 9.97 Å². The SMILES string of the molecule is CCc1nc(NN)c(C)c(N(C)CC(C)O)n1. The number of aliphatic hydroxyl groups is 1. The molecule has 0 radical (unpaired) electrons. The summed E-state index contributed by atoms with van der Waals surface area (Å²) >= 11 is 0. The first-order chi connectivity index (χ1) is 7.99. The highest BCUT2D eigenvalue weighted by atomic mass is 16.3. The second kappa shape index (κ2) is 5.79. The number of hydrogen-bond donors (Lipinski definition) is 3. The number of nitrogen functional groups attached to an aromatic ring is 1. The van der Waals surface area contributed by atoms with E-state index in [0.29, 0.717) is 12.4 Å². The Morgan fingerprint density at radius 1 is 1.47 bits per heavy atom. The monoisotopic (exact) mass is 239 g/mol. The number of hydrogen-bond acceptors (Lipinski definition) is 6. The molecule has 4 N–H and O–H groups in total. The quantitative estimate of drug-likeness (QED) is 0.511. The lowest BCUT2D eigenvalue weighted by molar-refractivity contribution is 0.201. The molecule has 1 rings (SSSR count). The molecule has 1 atom stereocenters. The summed E-state index contributed by atoms with van der Waals surface area (Å²) in [5.41, 5.74) is 3.46. The van der Waals surface area contributed by atoms with Crippen molar-refractivity contribution in [2.24, 2.45) is 5.84 Å². The van der Waals surface area contributed by atoms with Crippen molar-refractivity contribution in [2.75, 3.05) is 23.9 Å². The second-order valence-corrected chi connectivity index (χ2v) is 4.16. The molecule has 6 nitrogen and oxygen atoms in total. The van der Waals surface area contributed by atoms with Crippen LogP contribution in [0.25, 0.3) is 0 Å². The van der Waals surface area contributed by atoms with E-state index in [0.717, 1.165) is 23.6 Å². The molecule has 0 aliphatic heterocycles. The number of anilines is 2. The lowest BCUT2D eigenvalue weighted by atomic mass is 10.2. The fourth-order valence-electron chi connectivity index (χ4n) is 1.70. The van der Waals surface area contributed by atoms with Crippen molar-refractivity contribution in [3.63, 3.8) is 0 Å². The molecule has 1 heterocycles. The average molecular weight is 239 g/mol. The molecule has 0 aliphatic rings. The first-order valence-corrected chi connectivity index (χ1v) is 5.72. The van der Waals surface area contributed by atoms with Gasteiger partial charge in [0.25, 0.3) is 0 Å². The van der Waals surface area contributed by atoms with Gasteiger partial charge in [-0.3, -0.25) is 0 Å². The van der Waals surface area contributed by atoms with Crippen molar-refractivity contribution in [3.8, 4) is 0 Å². The van der Waals surface area contributed by atoms with Gasteiger partial charge in [-0.25, -0.2) is 15.8 Å². The van der Waals surface area contributed by atoms with Crippen LogP contribution in [0.4, 0.5) is 11.6 Å². The van der Waals surface area contributed by atoms with E-state index < -0.39 is 6.10 Å². The van der Waals surface area contributed by atoms with E-state index in [4.69, 9.17) is 5.84 Å². The average Bonchev–Trinajstić information content (AvgIpc) is 2.28. The maximum Gasteiger partial charge on any atom is 0.148 e. The molecule has 6 heteroatoms. The second-order valence-electron chi connectivity index (χ2n) is 4.16. The summed E-state index contributed by atoms with van der Waals surface area (Å²) in [4.78, 5) is 10.7. The maximum atomic E-state index is 9.40. The minimum atomic E-state index is -0.409. The Balaban J connectivity index is 3.12. The highest BCUT2D eigenvalue weighted by Gasteiger charge is 2.14. The van der Waals surface area contributed by atoms with Crippen molar-refractivity contribution in [1.29, 1.82) is 0 Å². The normalized spacial score (nSPS) is 12.4. The maximum absolute atomic E-state index is 9.40. The van der Waals surface area contributed by atoms with Gasteiger partial charge < -0.3 is 15.4 Å². The van der Waals surface area contributed by atoms with Crippen molar-refractivity contribution >= 4 is 11.6 Å². The standard InChI is InChI=1S/C11H21N5O/c1-5-9-13-10(15-12)8(3)11(14-9)16(4)6-7(2)17/h7,17H,5-6,12H2,1-4H3,(H,13,14,15). The Labute approximate surface area is 102 Å². The summed E-state index contributed by atoms with van der Waals surface area (Å²) < 4.78 is 0. The summed E-state index contributed by atoms with van der Waals surface area (Å²) in [5, 5.41) is 9.40. The molecule has 1 unspecified atom stereocenters. The predicted octanol–water partition coefficient (Wildman–Crippen LogP) is 0.450. The fourth-order valence-corrected chi connectivity index (χ4v) is 1.70. The Morgan fingerprint density at radius 3 is 2.59 bits per heavy atom. The van der Waals surface area contributed by atoms with Crippen LogP contribution in [0.2, 0.25) is 0 Å². The molecule has 96 valence electrons. The third kappa shape index (κ3) is 3.28. The first kappa shape index (κ1) is 13.7. The van der Waals surface area contributed by atoms with Crippen LogP contribution in [-0.4, -0.2) is 34.8 Å². The highest BCUT2D eigenvalue weighted by molar-refractivity contribution is 5.57. The molecule has 1 aromatic rings. The summed E-state index contributed by atoms with van der Waals surface area (Å²) in [6, 6.07) is 0. The summed E-state index contributed by atoms with van der Waals surface area (Å²) in [7, 11) is 1.89. The summed E-state index contributed by atoms with van der Waals surface area (Å²) in [5.74, 6) is 7.59. The van der Waals surface area contributed by atoms with E-state index >= 15 is 0 Å². The number of rotatable bonds is 5. The molecule has 0 fully saturated rings. The van der Waals surface area contributed by atoms with Gasteiger partial charge in [0, 0.05) is 25.6 Å². The van der Waals surface area contributed by atoms with Gasteiger partial charge in [0.2, 0.25) is 0 Å². The molecule has 0 saturated heterocycles.